The van der Waals surface area contributed by atoms with E-state index < -0.39 is 30.7 Å². The minimum Gasteiger partial charge on any atom is -0.445 e. The van der Waals surface area contributed by atoms with E-state index in [1.165, 1.54) is 17.0 Å². The Labute approximate surface area is 155 Å². The first kappa shape index (κ1) is 19.2. The lowest BCUT2D eigenvalue weighted by Crippen LogP contribution is -2.43. The molecule has 1 aliphatic rings. The third-order valence-electron chi connectivity index (χ3n) is 4.54. The zero-order chi connectivity index (χ0) is 19.2. The lowest BCUT2D eigenvalue weighted by Gasteiger charge is -2.38. The zero-order valence-electron chi connectivity index (χ0n) is 14.6. The monoisotopic (exact) mass is 379 g/mol. The lowest BCUT2D eigenvalue weighted by molar-refractivity contribution is -0.176. The van der Waals surface area contributed by atoms with Crippen LogP contribution >= 0.6 is 0 Å². The van der Waals surface area contributed by atoms with Crippen molar-refractivity contribution < 1.29 is 27.4 Å². The van der Waals surface area contributed by atoms with Gasteiger partial charge in [0.2, 0.25) is 0 Å². The molecule has 1 saturated heterocycles. The van der Waals surface area contributed by atoms with Gasteiger partial charge in [-0.1, -0.05) is 42.5 Å². The first-order valence-corrected chi connectivity index (χ1v) is 8.69. The maximum absolute atomic E-state index is 13.2. The zero-order valence-corrected chi connectivity index (χ0v) is 14.6. The van der Waals surface area contributed by atoms with Crippen LogP contribution in [0, 0.1) is 5.82 Å². The highest BCUT2D eigenvalue weighted by Crippen LogP contribution is 2.33. The molecule has 0 bridgehead atoms. The molecule has 0 aliphatic carbocycles. The predicted octanol–water partition coefficient (Wildman–Crippen LogP) is 4.91. The molecule has 27 heavy (non-hydrogen) atoms. The second-order valence-corrected chi connectivity index (χ2v) is 6.34. The molecule has 144 valence electrons. The molecule has 2 atom stereocenters. The van der Waals surface area contributed by atoms with Crippen molar-refractivity contribution in [1.82, 2.24) is 4.90 Å². The van der Waals surface area contributed by atoms with E-state index in [1.807, 2.05) is 30.3 Å². The largest absolute Gasteiger partial charge is 0.445 e. The predicted molar refractivity (Wildman–Crippen MR) is 92.6 cm³/mol. The first-order valence-electron chi connectivity index (χ1n) is 8.69. The van der Waals surface area contributed by atoms with E-state index in [2.05, 4.69) is 4.74 Å². The normalized spacial score (nSPS) is 19.9. The van der Waals surface area contributed by atoms with Gasteiger partial charge in [-0.15, -0.1) is 0 Å². The molecule has 0 radical (unpaired) electrons. The van der Waals surface area contributed by atoms with Crippen LogP contribution in [0.1, 0.15) is 30.0 Å². The van der Waals surface area contributed by atoms with Crippen molar-refractivity contribution in [3.05, 3.63) is 71.5 Å². The SMILES string of the molecule is O=C(OCc1ccccc1)N1CC[C@@H](OC(F)F)CC1c1ccc(F)cc1. The molecule has 2 aromatic rings. The van der Waals surface area contributed by atoms with E-state index in [-0.39, 0.29) is 26.0 Å². The van der Waals surface area contributed by atoms with E-state index in [1.54, 1.807) is 12.1 Å². The Kier molecular flexibility index (Phi) is 6.34. The Morgan fingerprint density at radius 2 is 1.81 bits per heavy atom. The Hall–Kier alpha value is -2.54. The van der Waals surface area contributed by atoms with Crippen LogP contribution in [0.15, 0.2) is 54.6 Å². The number of amides is 1. The van der Waals surface area contributed by atoms with Crippen LogP contribution in [0.4, 0.5) is 18.0 Å². The molecule has 3 rings (SSSR count). The number of hydrogen-bond donors (Lipinski definition) is 0. The van der Waals surface area contributed by atoms with Crippen LogP contribution in [0.5, 0.6) is 0 Å². The number of ether oxygens (including phenoxy) is 2. The van der Waals surface area contributed by atoms with Gasteiger partial charge in [0, 0.05) is 6.54 Å². The third kappa shape index (κ3) is 5.23. The molecule has 1 fully saturated rings. The Morgan fingerprint density at radius 1 is 1.11 bits per heavy atom. The van der Waals surface area contributed by atoms with Crippen molar-refractivity contribution in [2.24, 2.45) is 0 Å². The molecular formula is C20H20F3NO3. The fourth-order valence-corrected chi connectivity index (χ4v) is 3.22. The molecule has 1 aliphatic heterocycles. The molecule has 2 aromatic carbocycles. The van der Waals surface area contributed by atoms with Crippen molar-refractivity contribution >= 4 is 6.09 Å². The Balaban J connectivity index is 1.72. The van der Waals surface area contributed by atoms with Gasteiger partial charge in [-0.05, 0) is 36.1 Å². The first-order chi connectivity index (χ1) is 13.0. The second kappa shape index (κ2) is 8.90. The van der Waals surface area contributed by atoms with Crippen LogP contribution in [0.3, 0.4) is 0 Å². The number of likely N-dealkylation sites (tertiary alicyclic amines) is 1. The standard InChI is InChI=1S/C20H20F3NO3/c21-16-8-6-15(7-9-16)18-12-17(27-19(22)23)10-11-24(18)20(25)26-13-14-4-2-1-3-5-14/h1-9,17-19H,10-13H2/t17-,18?/m1/s1. The summed E-state index contributed by atoms with van der Waals surface area (Å²) in [6.45, 7) is -2.54. The van der Waals surface area contributed by atoms with Crippen molar-refractivity contribution in [1.29, 1.82) is 0 Å². The van der Waals surface area contributed by atoms with Crippen LogP contribution in [0.2, 0.25) is 0 Å². The summed E-state index contributed by atoms with van der Waals surface area (Å²) in [5.41, 5.74) is 1.50. The van der Waals surface area contributed by atoms with Gasteiger partial charge in [0.25, 0.3) is 0 Å². The molecule has 1 unspecified atom stereocenters. The quantitative estimate of drug-likeness (QED) is 0.741. The van der Waals surface area contributed by atoms with Crippen LogP contribution in [0.25, 0.3) is 0 Å². The molecular weight excluding hydrogens is 359 g/mol. The van der Waals surface area contributed by atoms with Gasteiger partial charge in [0.15, 0.2) is 0 Å². The number of alkyl halides is 2. The summed E-state index contributed by atoms with van der Waals surface area (Å²) in [4.78, 5) is 14.1. The Morgan fingerprint density at radius 3 is 2.48 bits per heavy atom. The molecule has 0 N–H and O–H groups in total. The topological polar surface area (TPSA) is 38.8 Å². The van der Waals surface area contributed by atoms with Gasteiger partial charge >= 0.3 is 12.7 Å². The number of rotatable bonds is 5. The van der Waals surface area contributed by atoms with Gasteiger partial charge in [-0.3, -0.25) is 0 Å². The van der Waals surface area contributed by atoms with E-state index >= 15 is 0 Å². The highest BCUT2D eigenvalue weighted by molar-refractivity contribution is 5.68. The minimum atomic E-state index is -2.87. The second-order valence-electron chi connectivity index (χ2n) is 6.34. The summed E-state index contributed by atoms with van der Waals surface area (Å²) in [5.74, 6) is -0.409. The number of halogens is 3. The highest BCUT2D eigenvalue weighted by Gasteiger charge is 2.35. The van der Waals surface area contributed by atoms with E-state index in [0.717, 1.165) is 5.56 Å². The number of piperidine rings is 1. The van der Waals surface area contributed by atoms with Gasteiger partial charge in [0.05, 0.1) is 12.1 Å². The maximum atomic E-state index is 13.2. The number of benzene rings is 2. The van der Waals surface area contributed by atoms with Gasteiger partial charge in [-0.2, -0.15) is 8.78 Å². The third-order valence-corrected chi connectivity index (χ3v) is 4.54. The Bertz CT molecular complexity index is 740. The van der Waals surface area contributed by atoms with Gasteiger partial charge < -0.3 is 14.4 Å². The number of carbonyl (C=O) groups excluding carboxylic acids is 1. The number of carbonyl (C=O) groups is 1. The average molecular weight is 379 g/mol. The van der Waals surface area contributed by atoms with Crippen LogP contribution in [-0.2, 0) is 16.1 Å². The fourth-order valence-electron chi connectivity index (χ4n) is 3.22. The molecule has 7 heteroatoms. The van der Waals surface area contributed by atoms with Crippen molar-refractivity contribution in [2.45, 2.75) is 38.2 Å². The molecule has 1 amide bonds. The molecule has 0 spiro atoms. The van der Waals surface area contributed by atoms with Crippen molar-refractivity contribution in [3.63, 3.8) is 0 Å². The maximum Gasteiger partial charge on any atom is 0.410 e. The van der Waals surface area contributed by atoms with Crippen LogP contribution < -0.4 is 0 Å². The molecule has 4 nitrogen and oxygen atoms in total. The van der Waals surface area contributed by atoms with E-state index in [4.69, 9.17) is 4.74 Å². The van der Waals surface area contributed by atoms with Gasteiger partial charge in [0.1, 0.15) is 12.4 Å². The van der Waals surface area contributed by atoms with Crippen molar-refractivity contribution in [3.8, 4) is 0 Å². The highest BCUT2D eigenvalue weighted by atomic mass is 19.3. The lowest BCUT2D eigenvalue weighted by atomic mass is 9.93. The smallest absolute Gasteiger partial charge is 0.410 e. The summed E-state index contributed by atoms with van der Waals surface area (Å²) in [7, 11) is 0. The number of nitrogens with zero attached hydrogens (tertiary/aromatic N) is 1. The molecule has 0 aromatic heterocycles. The summed E-state index contributed by atoms with van der Waals surface area (Å²) in [6, 6.07) is 14.4. The summed E-state index contributed by atoms with van der Waals surface area (Å²) in [6.07, 6.45) is -0.749. The molecule has 0 saturated carbocycles. The minimum absolute atomic E-state index is 0.114. The van der Waals surface area contributed by atoms with E-state index in [0.29, 0.717) is 5.56 Å². The van der Waals surface area contributed by atoms with Crippen LogP contribution in [-0.4, -0.2) is 30.3 Å². The summed E-state index contributed by atoms with van der Waals surface area (Å²) >= 11 is 0. The average Bonchev–Trinajstić information content (AvgIpc) is 2.67. The van der Waals surface area contributed by atoms with Gasteiger partial charge in [-0.25, -0.2) is 9.18 Å². The van der Waals surface area contributed by atoms with E-state index in [9.17, 15) is 18.0 Å². The van der Waals surface area contributed by atoms with Crippen molar-refractivity contribution in [2.75, 3.05) is 6.54 Å². The number of hydrogen-bond acceptors (Lipinski definition) is 3. The fraction of sp³-hybridized carbons (Fsp3) is 0.350. The summed E-state index contributed by atoms with van der Waals surface area (Å²) in [5, 5.41) is 0. The molecule has 1 heterocycles. The summed E-state index contributed by atoms with van der Waals surface area (Å²) < 4.78 is 48.4.